The number of hydrogen-bond donors (Lipinski definition) is 0. The predicted octanol–water partition coefficient (Wildman–Crippen LogP) is 2.51. The van der Waals surface area contributed by atoms with Gasteiger partial charge in [-0.25, -0.2) is 0 Å². The standard InChI is InChI=1S/C14H20N2O/c1-15(2)8-4-10-17-13-6-5-12-7-9-16(3)14(12)11-13/h5-7,9,11H,4,8,10H2,1-3H3. The van der Waals surface area contributed by atoms with Crippen molar-refractivity contribution >= 4 is 10.9 Å². The molecule has 0 saturated carbocycles. The van der Waals surface area contributed by atoms with Gasteiger partial charge < -0.3 is 14.2 Å². The first-order chi connectivity index (χ1) is 8.16. The zero-order valence-electron chi connectivity index (χ0n) is 10.8. The van der Waals surface area contributed by atoms with Gasteiger partial charge in [0.15, 0.2) is 0 Å². The Kier molecular flexibility index (Phi) is 3.69. The second-order valence-corrected chi connectivity index (χ2v) is 4.65. The molecule has 3 nitrogen and oxygen atoms in total. The van der Waals surface area contributed by atoms with E-state index in [0.717, 1.165) is 25.3 Å². The summed E-state index contributed by atoms with van der Waals surface area (Å²) in [4.78, 5) is 2.17. The minimum atomic E-state index is 0.772. The summed E-state index contributed by atoms with van der Waals surface area (Å²) in [6, 6.07) is 8.37. The maximum Gasteiger partial charge on any atom is 0.121 e. The molecule has 17 heavy (non-hydrogen) atoms. The van der Waals surface area contributed by atoms with Crippen LogP contribution in [0.4, 0.5) is 0 Å². The van der Waals surface area contributed by atoms with Crippen LogP contribution in [0.1, 0.15) is 6.42 Å². The van der Waals surface area contributed by atoms with E-state index in [1.807, 2.05) is 6.07 Å². The van der Waals surface area contributed by atoms with Crippen LogP contribution in [-0.4, -0.2) is 36.7 Å². The van der Waals surface area contributed by atoms with Gasteiger partial charge in [0.1, 0.15) is 5.75 Å². The van der Waals surface area contributed by atoms with Crippen molar-refractivity contribution in [1.29, 1.82) is 0 Å². The maximum atomic E-state index is 5.75. The lowest BCUT2D eigenvalue weighted by Crippen LogP contribution is -2.15. The van der Waals surface area contributed by atoms with Crippen LogP contribution in [0.2, 0.25) is 0 Å². The average Bonchev–Trinajstić information content (AvgIpc) is 2.66. The van der Waals surface area contributed by atoms with Gasteiger partial charge >= 0.3 is 0 Å². The number of rotatable bonds is 5. The molecule has 0 radical (unpaired) electrons. The Morgan fingerprint density at radius 3 is 2.82 bits per heavy atom. The molecule has 0 fully saturated rings. The van der Waals surface area contributed by atoms with Gasteiger partial charge in [-0.3, -0.25) is 0 Å². The average molecular weight is 232 g/mol. The molecule has 3 heteroatoms. The zero-order chi connectivity index (χ0) is 12.3. The third-order valence-corrected chi connectivity index (χ3v) is 2.88. The zero-order valence-corrected chi connectivity index (χ0v) is 10.8. The molecule has 0 unspecified atom stereocenters. The van der Waals surface area contributed by atoms with Crippen LogP contribution >= 0.6 is 0 Å². The summed E-state index contributed by atoms with van der Waals surface area (Å²) in [6.45, 7) is 1.83. The van der Waals surface area contributed by atoms with E-state index in [1.54, 1.807) is 0 Å². The van der Waals surface area contributed by atoms with Crippen LogP contribution in [0.3, 0.4) is 0 Å². The van der Waals surface area contributed by atoms with Crippen LogP contribution in [0, 0.1) is 0 Å². The fraction of sp³-hybridized carbons (Fsp3) is 0.429. The summed E-state index contributed by atoms with van der Waals surface area (Å²) >= 11 is 0. The molecular formula is C14H20N2O. The van der Waals surface area contributed by atoms with Crippen molar-refractivity contribution in [3.05, 3.63) is 30.5 Å². The third kappa shape index (κ3) is 3.01. The molecule has 0 aliphatic heterocycles. The summed E-state index contributed by atoms with van der Waals surface area (Å²) in [6.07, 6.45) is 3.12. The van der Waals surface area contributed by atoms with E-state index in [-0.39, 0.29) is 0 Å². The van der Waals surface area contributed by atoms with Gasteiger partial charge in [0, 0.05) is 25.9 Å². The molecule has 1 aromatic carbocycles. The number of aryl methyl sites for hydroxylation is 1. The first kappa shape index (κ1) is 12.0. The Labute approximate surface area is 103 Å². The van der Waals surface area contributed by atoms with Gasteiger partial charge in [0.05, 0.1) is 12.1 Å². The highest BCUT2D eigenvalue weighted by molar-refractivity contribution is 5.81. The van der Waals surface area contributed by atoms with E-state index < -0.39 is 0 Å². The monoisotopic (exact) mass is 232 g/mol. The number of aromatic nitrogens is 1. The lowest BCUT2D eigenvalue weighted by molar-refractivity contribution is 0.282. The van der Waals surface area contributed by atoms with Crippen molar-refractivity contribution in [2.45, 2.75) is 6.42 Å². The first-order valence-electron chi connectivity index (χ1n) is 5.99. The van der Waals surface area contributed by atoms with Crippen LogP contribution in [0.25, 0.3) is 10.9 Å². The fourth-order valence-corrected chi connectivity index (χ4v) is 1.90. The second kappa shape index (κ2) is 5.23. The highest BCUT2D eigenvalue weighted by atomic mass is 16.5. The molecule has 0 atom stereocenters. The Morgan fingerprint density at radius 2 is 2.06 bits per heavy atom. The van der Waals surface area contributed by atoms with Gasteiger partial charge in [-0.1, -0.05) is 0 Å². The highest BCUT2D eigenvalue weighted by Crippen LogP contribution is 2.21. The van der Waals surface area contributed by atoms with Crippen LogP contribution in [0.15, 0.2) is 30.5 Å². The van der Waals surface area contributed by atoms with Crippen molar-refractivity contribution in [1.82, 2.24) is 9.47 Å². The van der Waals surface area contributed by atoms with E-state index >= 15 is 0 Å². The van der Waals surface area contributed by atoms with E-state index in [1.165, 1.54) is 10.9 Å². The topological polar surface area (TPSA) is 17.4 Å². The van der Waals surface area contributed by atoms with Gasteiger partial charge in [-0.15, -0.1) is 0 Å². The number of fused-ring (bicyclic) bond motifs is 1. The Bertz CT molecular complexity index is 488. The van der Waals surface area contributed by atoms with Gasteiger partial charge in [0.2, 0.25) is 0 Å². The van der Waals surface area contributed by atoms with Gasteiger partial charge in [-0.05, 0) is 44.1 Å². The van der Waals surface area contributed by atoms with Crippen LogP contribution in [-0.2, 0) is 7.05 Å². The minimum absolute atomic E-state index is 0.772. The van der Waals surface area contributed by atoms with Crippen LogP contribution in [0.5, 0.6) is 5.75 Å². The Hall–Kier alpha value is -1.48. The van der Waals surface area contributed by atoms with Gasteiger partial charge in [-0.2, -0.15) is 0 Å². The molecule has 92 valence electrons. The summed E-state index contributed by atoms with van der Waals surface area (Å²) in [5.74, 6) is 0.957. The molecule has 0 N–H and O–H groups in total. The number of benzene rings is 1. The SMILES string of the molecule is CN(C)CCCOc1ccc2ccn(C)c2c1. The van der Waals surface area contributed by atoms with E-state index in [2.05, 4.69) is 55.0 Å². The van der Waals surface area contributed by atoms with Crippen molar-refractivity contribution in [2.24, 2.45) is 7.05 Å². The quantitative estimate of drug-likeness (QED) is 0.737. The van der Waals surface area contributed by atoms with E-state index in [4.69, 9.17) is 4.74 Å². The van der Waals surface area contributed by atoms with Crippen molar-refractivity contribution in [3.8, 4) is 5.75 Å². The largest absolute Gasteiger partial charge is 0.493 e. The Balaban J connectivity index is 1.97. The number of ether oxygens (including phenoxy) is 1. The third-order valence-electron chi connectivity index (χ3n) is 2.88. The van der Waals surface area contributed by atoms with E-state index in [9.17, 15) is 0 Å². The van der Waals surface area contributed by atoms with Crippen molar-refractivity contribution in [3.63, 3.8) is 0 Å². The molecule has 0 aliphatic rings. The summed E-state index contributed by atoms with van der Waals surface area (Å²) in [5, 5.41) is 1.26. The molecule has 2 rings (SSSR count). The highest BCUT2D eigenvalue weighted by Gasteiger charge is 2.00. The normalized spacial score (nSPS) is 11.3. The molecule has 1 heterocycles. The van der Waals surface area contributed by atoms with Crippen LogP contribution < -0.4 is 4.74 Å². The molecule has 0 amide bonds. The molecule has 0 saturated heterocycles. The molecule has 0 bridgehead atoms. The molecule has 2 aromatic rings. The fourth-order valence-electron chi connectivity index (χ4n) is 1.90. The summed E-state index contributed by atoms with van der Waals surface area (Å²) in [5.41, 5.74) is 1.22. The Morgan fingerprint density at radius 1 is 1.24 bits per heavy atom. The smallest absolute Gasteiger partial charge is 0.121 e. The van der Waals surface area contributed by atoms with Crippen molar-refractivity contribution in [2.75, 3.05) is 27.2 Å². The molecular weight excluding hydrogens is 212 g/mol. The summed E-state index contributed by atoms with van der Waals surface area (Å²) < 4.78 is 7.86. The maximum absolute atomic E-state index is 5.75. The minimum Gasteiger partial charge on any atom is -0.493 e. The second-order valence-electron chi connectivity index (χ2n) is 4.65. The molecule has 0 spiro atoms. The first-order valence-corrected chi connectivity index (χ1v) is 5.99. The van der Waals surface area contributed by atoms with E-state index in [0.29, 0.717) is 0 Å². The summed E-state index contributed by atoms with van der Waals surface area (Å²) in [7, 11) is 6.21. The lowest BCUT2D eigenvalue weighted by Gasteiger charge is -2.10. The lowest BCUT2D eigenvalue weighted by atomic mass is 10.2. The molecule has 1 aromatic heterocycles. The number of nitrogens with zero attached hydrogens (tertiary/aromatic N) is 2. The predicted molar refractivity (Wildman–Crippen MR) is 71.6 cm³/mol. The molecule has 0 aliphatic carbocycles. The van der Waals surface area contributed by atoms with Crippen molar-refractivity contribution < 1.29 is 4.74 Å². The van der Waals surface area contributed by atoms with Gasteiger partial charge in [0.25, 0.3) is 0 Å². The number of hydrogen-bond acceptors (Lipinski definition) is 2.